The molecule has 182 valence electrons. The first-order valence-corrected chi connectivity index (χ1v) is 14.0. The first kappa shape index (κ1) is 26.5. The van der Waals surface area contributed by atoms with E-state index in [1.165, 1.54) is 96.3 Å². The molecule has 0 bridgehead atoms. The predicted octanol–water partition coefficient (Wildman–Crippen LogP) is 9.22. The Morgan fingerprint density at radius 1 is 0.742 bits per heavy atom. The highest BCUT2D eigenvalue weighted by Gasteiger charge is 2.32. The average molecular weight is 437 g/mol. The summed E-state index contributed by atoms with van der Waals surface area (Å²) in [6, 6.07) is 0. The van der Waals surface area contributed by atoms with Gasteiger partial charge in [0.2, 0.25) is 0 Å². The fraction of sp³-hybridized carbons (Fsp3) is 0.964. The number of rotatable bonds is 14. The molecule has 0 aromatic carbocycles. The Labute approximate surface area is 193 Å². The van der Waals surface area contributed by atoms with E-state index in [1.54, 1.807) is 0 Å². The molecule has 2 aliphatic rings. The molecule has 0 radical (unpaired) electrons. The minimum Gasteiger partial charge on any atom is -0.431 e. The Hall–Kier alpha value is -0.730. The second-order valence-electron chi connectivity index (χ2n) is 10.7. The Balaban J connectivity index is 1.54. The molecule has 2 aliphatic carbocycles. The maximum absolute atomic E-state index is 12.1. The quantitative estimate of drug-likeness (QED) is 0.201. The van der Waals surface area contributed by atoms with Crippen LogP contribution in [0.1, 0.15) is 143 Å². The summed E-state index contributed by atoms with van der Waals surface area (Å²) in [6.07, 6.45) is 24.3. The van der Waals surface area contributed by atoms with Crippen molar-refractivity contribution < 1.29 is 14.3 Å². The van der Waals surface area contributed by atoms with Crippen molar-refractivity contribution in [1.82, 2.24) is 0 Å². The van der Waals surface area contributed by atoms with Gasteiger partial charge in [-0.25, -0.2) is 4.79 Å². The molecule has 2 saturated carbocycles. The van der Waals surface area contributed by atoms with Crippen LogP contribution in [0, 0.1) is 17.8 Å². The molecule has 0 N–H and O–H groups in total. The van der Waals surface area contributed by atoms with Gasteiger partial charge >= 0.3 is 6.16 Å². The summed E-state index contributed by atoms with van der Waals surface area (Å²) in [6.45, 7) is 6.50. The number of carbonyl (C=O) groups is 1. The lowest BCUT2D eigenvalue weighted by molar-refractivity contribution is -0.0174. The highest BCUT2D eigenvalue weighted by molar-refractivity contribution is 5.60. The van der Waals surface area contributed by atoms with Gasteiger partial charge in [0.15, 0.2) is 0 Å². The van der Waals surface area contributed by atoms with Crippen molar-refractivity contribution in [3.8, 4) is 0 Å². The molecule has 3 heteroatoms. The molecular formula is C28H52O3. The van der Waals surface area contributed by atoms with Crippen LogP contribution in [0.15, 0.2) is 0 Å². The minimum absolute atomic E-state index is 0.0254. The highest BCUT2D eigenvalue weighted by atomic mass is 16.7. The van der Waals surface area contributed by atoms with E-state index in [1.807, 2.05) is 6.92 Å². The van der Waals surface area contributed by atoms with Crippen LogP contribution in [0.25, 0.3) is 0 Å². The van der Waals surface area contributed by atoms with Crippen LogP contribution in [-0.4, -0.2) is 18.4 Å². The summed E-state index contributed by atoms with van der Waals surface area (Å²) in [5.41, 5.74) is 0. The molecule has 0 amide bonds. The van der Waals surface area contributed by atoms with E-state index in [0.29, 0.717) is 0 Å². The highest BCUT2D eigenvalue weighted by Crippen LogP contribution is 2.41. The predicted molar refractivity (Wildman–Crippen MR) is 130 cm³/mol. The SMILES string of the molecule is CCCCCCCC1CCC(C2CCC(OC(=O)O[C@@H](C)CCCCCC)CC2)CC1. The van der Waals surface area contributed by atoms with Gasteiger partial charge in [0.25, 0.3) is 0 Å². The van der Waals surface area contributed by atoms with Gasteiger partial charge in [-0.05, 0) is 76.0 Å². The lowest BCUT2D eigenvalue weighted by atomic mass is 9.70. The number of unbranched alkanes of at least 4 members (excludes halogenated alkanes) is 7. The van der Waals surface area contributed by atoms with Crippen LogP contribution < -0.4 is 0 Å². The molecule has 31 heavy (non-hydrogen) atoms. The van der Waals surface area contributed by atoms with E-state index >= 15 is 0 Å². The largest absolute Gasteiger partial charge is 0.508 e. The molecule has 0 aromatic heterocycles. The Bertz CT molecular complexity index is 447. The third-order valence-electron chi connectivity index (χ3n) is 8.02. The van der Waals surface area contributed by atoms with Gasteiger partial charge in [0.05, 0.1) is 0 Å². The number of ether oxygens (including phenoxy) is 2. The Morgan fingerprint density at radius 3 is 1.90 bits per heavy atom. The summed E-state index contributed by atoms with van der Waals surface area (Å²) >= 11 is 0. The van der Waals surface area contributed by atoms with Gasteiger partial charge < -0.3 is 9.47 Å². The van der Waals surface area contributed by atoms with E-state index in [-0.39, 0.29) is 12.2 Å². The van der Waals surface area contributed by atoms with Gasteiger partial charge in [-0.1, -0.05) is 84.5 Å². The Morgan fingerprint density at radius 2 is 1.29 bits per heavy atom. The summed E-state index contributed by atoms with van der Waals surface area (Å²) in [4.78, 5) is 12.1. The molecule has 0 unspecified atom stereocenters. The third-order valence-corrected chi connectivity index (χ3v) is 8.02. The van der Waals surface area contributed by atoms with Crippen LogP contribution in [0.4, 0.5) is 4.79 Å². The van der Waals surface area contributed by atoms with Crippen molar-refractivity contribution in [2.45, 2.75) is 155 Å². The van der Waals surface area contributed by atoms with Gasteiger partial charge in [0.1, 0.15) is 12.2 Å². The number of hydrogen-bond acceptors (Lipinski definition) is 3. The van der Waals surface area contributed by atoms with Gasteiger partial charge in [0, 0.05) is 0 Å². The van der Waals surface area contributed by atoms with E-state index in [0.717, 1.165) is 43.4 Å². The third kappa shape index (κ3) is 11.1. The van der Waals surface area contributed by atoms with E-state index < -0.39 is 6.16 Å². The standard InChI is InChI=1S/C28H52O3/c1-4-6-8-10-12-14-24-15-17-25(18-16-24)26-19-21-27(22-20-26)31-28(29)30-23(3)13-11-9-7-5-2/h23-27H,4-22H2,1-3H3/t23-,24?,25?,26?,27?/m0/s1. The monoisotopic (exact) mass is 436 g/mol. The molecular weight excluding hydrogens is 384 g/mol. The second-order valence-corrected chi connectivity index (χ2v) is 10.7. The molecule has 3 nitrogen and oxygen atoms in total. The van der Waals surface area contributed by atoms with Crippen molar-refractivity contribution in [3.05, 3.63) is 0 Å². The van der Waals surface area contributed by atoms with Crippen LogP contribution in [0.5, 0.6) is 0 Å². The van der Waals surface area contributed by atoms with Crippen molar-refractivity contribution in [2.24, 2.45) is 17.8 Å². The topological polar surface area (TPSA) is 35.5 Å². The molecule has 0 heterocycles. The van der Waals surface area contributed by atoms with E-state index in [9.17, 15) is 4.79 Å². The second kappa shape index (κ2) is 16.0. The van der Waals surface area contributed by atoms with Crippen molar-refractivity contribution >= 4 is 6.16 Å². The lowest BCUT2D eigenvalue weighted by Gasteiger charge is -2.37. The summed E-state index contributed by atoms with van der Waals surface area (Å²) in [7, 11) is 0. The molecule has 0 spiro atoms. The van der Waals surface area contributed by atoms with Crippen LogP contribution in [0.3, 0.4) is 0 Å². The van der Waals surface area contributed by atoms with Gasteiger partial charge in [-0.2, -0.15) is 0 Å². The maximum Gasteiger partial charge on any atom is 0.508 e. The van der Waals surface area contributed by atoms with Crippen molar-refractivity contribution in [3.63, 3.8) is 0 Å². The molecule has 2 fully saturated rings. The zero-order valence-electron chi connectivity index (χ0n) is 21.0. The summed E-state index contributed by atoms with van der Waals surface area (Å²) in [5, 5.41) is 0. The van der Waals surface area contributed by atoms with Crippen molar-refractivity contribution in [2.75, 3.05) is 0 Å². The number of hydrogen-bond donors (Lipinski definition) is 0. The smallest absolute Gasteiger partial charge is 0.431 e. The first-order valence-electron chi connectivity index (χ1n) is 14.0. The molecule has 1 atom stereocenters. The molecule has 2 rings (SSSR count). The normalized spacial score (nSPS) is 27.6. The van der Waals surface area contributed by atoms with Crippen LogP contribution in [-0.2, 0) is 9.47 Å². The zero-order valence-corrected chi connectivity index (χ0v) is 21.0. The minimum atomic E-state index is -0.439. The Kier molecular flexibility index (Phi) is 13.7. The van der Waals surface area contributed by atoms with Crippen LogP contribution >= 0.6 is 0 Å². The fourth-order valence-corrected chi connectivity index (χ4v) is 5.91. The fourth-order valence-electron chi connectivity index (χ4n) is 5.91. The molecule has 0 saturated heterocycles. The van der Waals surface area contributed by atoms with E-state index in [2.05, 4.69) is 13.8 Å². The lowest BCUT2D eigenvalue weighted by Crippen LogP contribution is -2.30. The first-order chi connectivity index (χ1) is 15.1. The average Bonchev–Trinajstić information content (AvgIpc) is 2.77. The zero-order chi connectivity index (χ0) is 22.3. The summed E-state index contributed by atoms with van der Waals surface area (Å²) in [5.74, 6) is 2.78. The van der Waals surface area contributed by atoms with E-state index in [4.69, 9.17) is 9.47 Å². The molecule has 0 aliphatic heterocycles. The van der Waals surface area contributed by atoms with Crippen LogP contribution in [0.2, 0.25) is 0 Å². The maximum atomic E-state index is 12.1. The number of carbonyl (C=O) groups excluding carboxylic acids is 1. The van der Waals surface area contributed by atoms with Gasteiger partial charge in [-0.15, -0.1) is 0 Å². The molecule has 0 aromatic rings. The summed E-state index contributed by atoms with van der Waals surface area (Å²) < 4.78 is 11.1. The van der Waals surface area contributed by atoms with Gasteiger partial charge in [-0.3, -0.25) is 0 Å². The van der Waals surface area contributed by atoms with Crippen molar-refractivity contribution in [1.29, 1.82) is 0 Å².